The van der Waals surface area contributed by atoms with E-state index in [4.69, 9.17) is 4.52 Å². The maximum atomic E-state index is 5.52. The van der Waals surface area contributed by atoms with E-state index in [2.05, 4.69) is 53.6 Å². The molecule has 4 nitrogen and oxygen atoms in total. The van der Waals surface area contributed by atoms with Crippen molar-refractivity contribution in [1.82, 2.24) is 15.5 Å². The number of fused-ring (bicyclic) bond motifs is 1. The van der Waals surface area contributed by atoms with Gasteiger partial charge in [-0.1, -0.05) is 36.3 Å². The standard InChI is InChI=1S/C17H23N3O/c1-11(12(2)18-3)17-19-16(20-21-17)15-10-6-8-13-7-4-5-9-14(13)15/h4-5,7,9,11-12,15,18H,6,8,10H2,1-3H3. The summed E-state index contributed by atoms with van der Waals surface area (Å²) in [5.74, 6) is 2.07. The summed E-state index contributed by atoms with van der Waals surface area (Å²) in [4.78, 5) is 4.68. The number of aromatic nitrogens is 2. The summed E-state index contributed by atoms with van der Waals surface area (Å²) < 4.78 is 5.52. The lowest BCUT2D eigenvalue weighted by Crippen LogP contribution is -2.27. The zero-order valence-corrected chi connectivity index (χ0v) is 13.0. The predicted molar refractivity (Wildman–Crippen MR) is 82.5 cm³/mol. The van der Waals surface area contributed by atoms with Crippen LogP contribution in [0.15, 0.2) is 28.8 Å². The topological polar surface area (TPSA) is 51.0 Å². The van der Waals surface area contributed by atoms with E-state index in [1.54, 1.807) is 0 Å². The van der Waals surface area contributed by atoms with Crippen LogP contribution in [-0.2, 0) is 6.42 Å². The Bertz CT molecular complexity index is 608. The lowest BCUT2D eigenvalue weighted by atomic mass is 9.82. The number of aryl methyl sites for hydroxylation is 1. The Morgan fingerprint density at radius 1 is 1.29 bits per heavy atom. The van der Waals surface area contributed by atoms with Gasteiger partial charge < -0.3 is 9.84 Å². The fourth-order valence-electron chi connectivity index (χ4n) is 3.06. The van der Waals surface area contributed by atoms with Crippen molar-refractivity contribution in [1.29, 1.82) is 0 Å². The molecule has 1 N–H and O–H groups in total. The number of benzene rings is 1. The minimum atomic E-state index is 0.218. The Morgan fingerprint density at radius 2 is 2.10 bits per heavy atom. The molecule has 0 amide bonds. The van der Waals surface area contributed by atoms with Crippen LogP contribution in [0, 0.1) is 0 Å². The zero-order chi connectivity index (χ0) is 14.8. The number of nitrogens with zero attached hydrogens (tertiary/aromatic N) is 2. The molecule has 1 aliphatic rings. The van der Waals surface area contributed by atoms with E-state index in [9.17, 15) is 0 Å². The molecular weight excluding hydrogens is 262 g/mol. The lowest BCUT2D eigenvalue weighted by Gasteiger charge is -2.22. The van der Waals surface area contributed by atoms with Crippen LogP contribution >= 0.6 is 0 Å². The molecule has 2 aromatic rings. The maximum absolute atomic E-state index is 5.52. The van der Waals surface area contributed by atoms with Crippen LogP contribution in [0.2, 0.25) is 0 Å². The van der Waals surface area contributed by atoms with E-state index >= 15 is 0 Å². The summed E-state index contributed by atoms with van der Waals surface area (Å²) in [6.45, 7) is 4.25. The molecule has 3 unspecified atom stereocenters. The molecule has 0 fully saturated rings. The second kappa shape index (κ2) is 5.98. The average molecular weight is 285 g/mol. The number of likely N-dealkylation sites (N-methyl/N-ethyl adjacent to an activating group) is 1. The third kappa shape index (κ3) is 2.72. The minimum absolute atomic E-state index is 0.218. The molecule has 0 aliphatic heterocycles. The summed E-state index contributed by atoms with van der Waals surface area (Å²) in [5.41, 5.74) is 2.79. The molecule has 0 bridgehead atoms. The summed E-state index contributed by atoms with van der Waals surface area (Å²) in [7, 11) is 1.95. The van der Waals surface area contributed by atoms with Gasteiger partial charge in [-0.05, 0) is 44.4 Å². The molecule has 4 heteroatoms. The molecule has 112 valence electrons. The normalized spacial score (nSPS) is 20.8. The highest BCUT2D eigenvalue weighted by atomic mass is 16.5. The summed E-state index contributed by atoms with van der Waals surface area (Å²) in [6, 6.07) is 8.95. The molecule has 0 spiro atoms. The van der Waals surface area contributed by atoms with E-state index in [0.29, 0.717) is 6.04 Å². The molecule has 1 aromatic carbocycles. The van der Waals surface area contributed by atoms with E-state index < -0.39 is 0 Å². The molecule has 21 heavy (non-hydrogen) atoms. The first kappa shape index (κ1) is 14.3. The summed E-state index contributed by atoms with van der Waals surface area (Å²) in [6.07, 6.45) is 3.45. The fraction of sp³-hybridized carbons (Fsp3) is 0.529. The predicted octanol–water partition coefficient (Wildman–Crippen LogP) is 3.25. The Balaban J connectivity index is 1.88. The van der Waals surface area contributed by atoms with Crippen molar-refractivity contribution in [3.05, 3.63) is 47.1 Å². The van der Waals surface area contributed by atoms with E-state index in [-0.39, 0.29) is 11.8 Å². The van der Waals surface area contributed by atoms with Crippen molar-refractivity contribution in [2.75, 3.05) is 7.05 Å². The van der Waals surface area contributed by atoms with Gasteiger partial charge in [0.2, 0.25) is 5.89 Å². The number of hydrogen-bond donors (Lipinski definition) is 1. The van der Waals surface area contributed by atoms with Crippen molar-refractivity contribution >= 4 is 0 Å². The molecule has 1 aliphatic carbocycles. The van der Waals surface area contributed by atoms with Crippen molar-refractivity contribution in [3.8, 4) is 0 Å². The van der Waals surface area contributed by atoms with Crippen LogP contribution in [-0.4, -0.2) is 23.2 Å². The molecule has 1 aromatic heterocycles. The van der Waals surface area contributed by atoms with Crippen molar-refractivity contribution in [3.63, 3.8) is 0 Å². The summed E-state index contributed by atoms with van der Waals surface area (Å²) >= 11 is 0. The Hall–Kier alpha value is -1.68. The van der Waals surface area contributed by atoms with Crippen molar-refractivity contribution < 1.29 is 4.52 Å². The van der Waals surface area contributed by atoms with E-state index in [0.717, 1.165) is 24.6 Å². The first-order valence-electron chi connectivity index (χ1n) is 7.79. The highest BCUT2D eigenvalue weighted by molar-refractivity contribution is 5.36. The number of rotatable bonds is 4. The van der Waals surface area contributed by atoms with E-state index in [1.807, 2.05) is 7.05 Å². The van der Waals surface area contributed by atoms with Gasteiger partial charge in [0.05, 0.1) is 5.92 Å². The third-order valence-electron chi connectivity index (χ3n) is 4.73. The van der Waals surface area contributed by atoms with Gasteiger partial charge in [0.1, 0.15) is 0 Å². The van der Waals surface area contributed by atoms with Gasteiger partial charge in [-0.2, -0.15) is 4.98 Å². The monoisotopic (exact) mass is 285 g/mol. The molecule has 3 rings (SSSR count). The second-order valence-electron chi connectivity index (χ2n) is 6.00. The minimum Gasteiger partial charge on any atom is -0.339 e. The van der Waals surface area contributed by atoms with Gasteiger partial charge in [0.25, 0.3) is 0 Å². The quantitative estimate of drug-likeness (QED) is 0.937. The van der Waals surface area contributed by atoms with Crippen LogP contribution in [0.3, 0.4) is 0 Å². The Kier molecular flexibility index (Phi) is 4.06. The van der Waals surface area contributed by atoms with Gasteiger partial charge in [-0.15, -0.1) is 0 Å². The lowest BCUT2D eigenvalue weighted by molar-refractivity contribution is 0.331. The second-order valence-corrected chi connectivity index (χ2v) is 6.00. The Morgan fingerprint density at radius 3 is 2.90 bits per heavy atom. The first-order chi connectivity index (χ1) is 10.2. The first-order valence-corrected chi connectivity index (χ1v) is 7.79. The molecular formula is C17H23N3O. The molecule has 0 radical (unpaired) electrons. The molecule has 3 atom stereocenters. The largest absolute Gasteiger partial charge is 0.339 e. The van der Waals surface area contributed by atoms with Crippen LogP contribution in [0.1, 0.15) is 61.4 Å². The van der Waals surface area contributed by atoms with Crippen LogP contribution < -0.4 is 5.32 Å². The summed E-state index contributed by atoms with van der Waals surface area (Å²) in [5, 5.41) is 7.50. The van der Waals surface area contributed by atoms with Gasteiger partial charge in [0, 0.05) is 12.0 Å². The van der Waals surface area contributed by atoms with Crippen LogP contribution in [0.25, 0.3) is 0 Å². The Labute approximate surface area is 126 Å². The fourth-order valence-corrected chi connectivity index (χ4v) is 3.06. The number of nitrogens with one attached hydrogen (secondary N) is 1. The molecule has 0 saturated heterocycles. The smallest absolute Gasteiger partial charge is 0.231 e. The van der Waals surface area contributed by atoms with Gasteiger partial charge in [-0.3, -0.25) is 0 Å². The van der Waals surface area contributed by atoms with Gasteiger partial charge in [-0.25, -0.2) is 0 Å². The van der Waals surface area contributed by atoms with Crippen LogP contribution in [0.5, 0.6) is 0 Å². The van der Waals surface area contributed by atoms with Gasteiger partial charge in [0.15, 0.2) is 5.82 Å². The average Bonchev–Trinajstić information content (AvgIpc) is 3.02. The third-order valence-corrected chi connectivity index (χ3v) is 4.73. The maximum Gasteiger partial charge on any atom is 0.231 e. The molecule has 1 heterocycles. The van der Waals surface area contributed by atoms with Crippen LogP contribution in [0.4, 0.5) is 0 Å². The SMILES string of the molecule is CNC(C)C(C)c1nc(C2CCCc3ccccc32)no1. The zero-order valence-electron chi connectivity index (χ0n) is 13.0. The van der Waals surface area contributed by atoms with Gasteiger partial charge >= 0.3 is 0 Å². The van der Waals surface area contributed by atoms with Crippen molar-refractivity contribution in [2.24, 2.45) is 0 Å². The number of hydrogen-bond acceptors (Lipinski definition) is 4. The van der Waals surface area contributed by atoms with E-state index in [1.165, 1.54) is 17.5 Å². The van der Waals surface area contributed by atoms with Crippen molar-refractivity contribution in [2.45, 2.75) is 51.0 Å². The highest BCUT2D eigenvalue weighted by Crippen LogP contribution is 2.35. The molecule has 0 saturated carbocycles. The highest BCUT2D eigenvalue weighted by Gasteiger charge is 2.27.